The first-order valence-electron chi connectivity index (χ1n) is 2.88. The predicted octanol–water partition coefficient (Wildman–Crippen LogP) is 1.38. The second-order valence-electron chi connectivity index (χ2n) is 2.57. The first-order chi connectivity index (χ1) is 3.83. The standard InChI is InChI=1S/C6H11FO/c1-8-5-6(4-7)2-3-6/h2-5H2,1H3. The topological polar surface area (TPSA) is 9.23 Å². The molecule has 1 fully saturated rings. The third-order valence-corrected chi connectivity index (χ3v) is 1.69. The van der Waals surface area contributed by atoms with Crippen LogP contribution in [0, 0.1) is 5.41 Å². The minimum absolute atomic E-state index is 0.0469. The Morgan fingerprint density at radius 2 is 2.25 bits per heavy atom. The summed E-state index contributed by atoms with van der Waals surface area (Å²) in [6.45, 7) is 0.393. The van der Waals surface area contributed by atoms with Gasteiger partial charge >= 0.3 is 0 Å². The average Bonchev–Trinajstić information content (AvgIpc) is 2.50. The van der Waals surface area contributed by atoms with Crippen LogP contribution in [0.3, 0.4) is 0 Å². The van der Waals surface area contributed by atoms with Gasteiger partial charge in [0.25, 0.3) is 0 Å². The molecule has 0 spiro atoms. The highest BCUT2D eigenvalue weighted by molar-refractivity contribution is 4.92. The number of rotatable bonds is 3. The maximum Gasteiger partial charge on any atom is 0.0972 e. The number of methoxy groups -OCH3 is 1. The van der Waals surface area contributed by atoms with Crippen molar-refractivity contribution < 1.29 is 9.13 Å². The second-order valence-corrected chi connectivity index (χ2v) is 2.57. The quantitative estimate of drug-likeness (QED) is 0.544. The van der Waals surface area contributed by atoms with Crippen molar-refractivity contribution in [3.8, 4) is 0 Å². The summed E-state index contributed by atoms with van der Waals surface area (Å²) in [6.07, 6.45) is 2.02. The monoisotopic (exact) mass is 118 g/mol. The van der Waals surface area contributed by atoms with Gasteiger partial charge < -0.3 is 4.74 Å². The normalized spacial score (nSPS) is 23.2. The smallest absolute Gasteiger partial charge is 0.0972 e. The second kappa shape index (κ2) is 2.02. The van der Waals surface area contributed by atoms with Crippen LogP contribution in [0.2, 0.25) is 0 Å². The first-order valence-corrected chi connectivity index (χ1v) is 2.88. The van der Waals surface area contributed by atoms with Gasteiger partial charge in [0.1, 0.15) is 0 Å². The van der Waals surface area contributed by atoms with E-state index in [-0.39, 0.29) is 12.1 Å². The van der Waals surface area contributed by atoms with Crippen molar-refractivity contribution >= 4 is 0 Å². The fourth-order valence-electron chi connectivity index (χ4n) is 0.800. The molecule has 0 amide bonds. The van der Waals surface area contributed by atoms with Gasteiger partial charge in [0.15, 0.2) is 0 Å². The third-order valence-electron chi connectivity index (χ3n) is 1.69. The summed E-state index contributed by atoms with van der Waals surface area (Å²) in [6, 6.07) is 0. The molecule has 2 heteroatoms. The molecule has 0 aromatic rings. The molecule has 0 N–H and O–H groups in total. The lowest BCUT2D eigenvalue weighted by atomic mass is 10.1. The van der Waals surface area contributed by atoms with Gasteiger partial charge in [0.2, 0.25) is 0 Å². The molecule has 8 heavy (non-hydrogen) atoms. The van der Waals surface area contributed by atoms with Gasteiger partial charge in [-0.2, -0.15) is 0 Å². The lowest BCUT2D eigenvalue weighted by molar-refractivity contribution is 0.124. The Balaban J connectivity index is 2.20. The minimum Gasteiger partial charge on any atom is -0.384 e. The zero-order valence-corrected chi connectivity index (χ0v) is 5.11. The van der Waals surface area contributed by atoms with Crippen LogP contribution < -0.4 is 0 Å². The van der Waals surface area contributed by atoms with Crippen LogP contribution in [-0.2, 0) is 4.74 Å². The Hall–Kier alpha value is -0.110. The Labute approximate surface area is 48.8 Å². The van der Waals surface area contributed by atoms with E-state index in [1.807, 2.05) is 0 Å². The molecule has 0 aromatic heterocycles. The summed E-state index contributed by atoms with van der Waals surface area (Å²) in [5, 5.41) is 0. The van der Waals surface area contributed by atoms with Crippen LogP contribution >= 0.6 is 0 Å². The van der Waals surface area contributed by atoms with Crippen LogP contribution in [0.25, 0.3) is 0 Å². The number of halogens is 1. The minimum atomic E-state index is -0.208. The third kappa shape index (κ3) is 0.996. The van der Waals surface area contributed by atoms with Crippen LogP contribution in [-0.4, -0.2) is 20.4 Å². The van der Waals surface area contributed by atoms with E-state index >= 15 is 0 Å². The Bertz CT molecular complexity index is 78.6. The van der Waals surface area contributed by atoms with Gasteiger partial charge in [0.05, 0.1) is 13.3 Å². The molecule has 1 aliphatic rings. The molecule has 48 valence electrons. The maximum absolute atomic E-state index is 11.9. The van der Waals surface area contributed by atoms with Crippen molar-refractivity contribution in [1.29, 1.82) is 0 Å². The molecule has 1 aliphatic carbocycles. The van der Waals surface area contributed by atoms with Crippen molar-refractivity contribution in [1.82, 2.24) is 0 Å². The van der Waals surface area contributed by atoms with Crippen molar-refractivity contribution in [2.75, 3.05) is 20.4 Å². The molecular formula is C6H11FO. The molecule has 0 aliphatic heterocycles. The molecule has 0 bridgehead atoms. The van der Waals surface area contributed by atoms with Crippen molar-refractivity contribution in [2.45, 2.75) is 12.8 Å². The van der Waals surface area contributed by atoms with E-state index in [2.05, 4.69) is 0 Å². The average molecular weight is 118 g/mol. The zero-order valence-electron chi connectivity index (χ0n) is 5.11. The molecule has 1 saturated carbocycles. The summed E-state index contributed by atoms with van der Waals surface area (Å²) in [4.78, 5) is 0. The van der Waals surface area contributed by atoms with Gasteiger partial charge in [-0.3, -0.25) is 4.39 Å². The molecule has 0 radical (unpaired) electrons. The van der Waals surface area contributed by atoms with Gasteiger partial charge in [-0.05, 0) is 12.8 Å². The van der Waals surface area contributed by atoms with Crippen LogP contribution in [0.4, 0.5) is 4.39 Å². The Morgan fingerprint density at radius 1 is 1.62 bits per heavy atom. The molecule has 0 unspecified atom stereocenters. The van der Waals surface area contributed by atoms with Crippen LogP contribution in [0.5, 0.6) is 0 Å². The lowest BCUT2D eigenvalue weighted by Gasteiger charge is -2.05. The number of hydrogen-bond acceptors (Lipinski definition) is 1. The number of alkyl halides is 1. The van der Waals surface area contributed by atoms with E-state index < -0.39 is 0 Å². The number of ether oxygens (including phenoxy) is 1. The molecule has 1 rings (SSSR count). The predicted molar refractivity (Wildman–Crippen MR) is 29.5 cm³/mol. The summed E-state index contributed by atoms with van der Waals surface area (Å²) in [7, 11) is 1.62. The van der Waals surface area contributed by atoms with Crippen molar-refractivity contribution in [3.63, 3.8) is 0 Å². The Morgan fingerprint density at radius 3 is 2.38 bits per heavy atom. The molecule has 1 nitrogen and oxygen atoms in total. The summed E-state index contributed by atoms with van der Waals surface area (Å²) >= 11 is 0. The van der Waals surface area contributed by atoms with Crippen molar-refractivity contribution in [2.24, 2.45) is 5.41 Å². The van der Waals surface area contributed by atoms with E-state index in [9.17, 15) is 4.39 Å². The van der Waals surface area contributed by atoms with E-state index in [0.717, 1.165) is 12.8 Å². The lowest BCUT2D eigenvalue weighted by Crippen LogP contribution is -2.10. The molecule has 0 saturated heterocycles. The van der Waals surface area contributed by atoms with E-state index in [4.69, 9.17) is 4.74 Å². The fourth-order valence-corrected chi connectivity index (χ4v) is 0.800. The van der Waals surface area contributed by atoms with Gasteiger partial charge in [0, 0.05) is 12.5 Å². The summed E-state index contributed by atoms with van der Waals surface area (Å²) in [5.41, 5.74) is -0.0469. The van der Waals surface area contributed by atoms with Crippen LogP contribution in [0.15, 0.2) is 0 Å². The maximum atomic E-state index is 11.9. The molecule has 0 atom stereocenters. The largest absolute Gasteiger partial charge is 0.384 e. The molecule has 0 heterocycles. The van der Waals surface area contributed by atoms with Crippen molar-refractivity contribution in [3.05, 3.63) is 0 Å². The van der Waals surface area contributed by atoms with E-state index in [0.29, 0.717) is 6.61 Å². The van der Waals surface area contributed by atoms with Gasteiger partial charge in [-0.25, -0.2) is 0 Å². The van der Waals surface area contributed by atoms with Crippen LogP contribution in [0.1, 0.15) is 12.8 Å². The molecule has 0 aromatic carbocycles. The molecular weight excluding hydrogens is 107 g/mol. The summed E-state index contributed by atoms with van der Waals surface area (Å²) < 4.78 is 16.8. The summed E-state index contributed by atoms with van der Waals surface area (Å²) in [5.74, 6) is 0. The van der Waals surface area contributed by atoms with Gasteiger partial charge in [-0.15, -0.1) is 0 Å². The fraction of sp³-hybridized carbons (Fsp3) is 1.00. The highest BCUT2D eigenvalue weighted by Crippen LogP contribution is 2.45. The Kier molecular flexibility index (Phi) is 1.52. The zero-order chi connectivity index (χ0) is 6.04. The SMILES string of the molecule is COCC1(CF)CC1. The van der Waals surface area contributed by atoms with Gasteiger partial charge in [-0.1, -0.05) is 0 Å². The highest BCUT2D eigenvalue weighted by Gasteiger charge is 2.42. The number of hydrogen-bond donors (Lipinski definition) is 0. The van der Waals surface area contributed by atoms with E-state index in [1.165, 1.54) is 0 Å². The first kappa shape index (κ1) is 6.02. The van der Waals surface area contributed by atoms with E-state index in [1.54, 1.807) is 7.11 Å². The highest BCUT2D eigenvalue weighted by atomic mass is 19.1.